The number of nitrogens with two attached hydrogens (primary N) is 1. The van der Waals surface area contributed by atoms with Crippen molar-refractivity contribution in [3.8, 4) is 0 Å². The molecular weight excluding hydrogens is 262 g/mol. The van der Waals surface area contributed by atoms with Crippen molar-refractivity contribution in [2.45, 2.75) is 32.6 Å². The Morgan fingerprint density at radius 1 is 1.33 bits per heavy atom. The molecule has 2 rings (SSSR count). The fourth-order valence-corrected chi connectivity index (χ4v) is 3.05. The lowest BCUT2D eigenvalue weighted by Crippen LogP contribution is -2.29. The van der Waals surface area contributed by atoms with Crippen molar-refractivity contribution in [3.63, 3.8) is 0 Å². The zero-order chi connectivity index (χ0) is 15.4. The molecule has 0 bridgehead atoms. The van der Waals surface area contributed by atoms with Gasteiger partial charge < -0.3 is 15.5 Å². The van der Waals surface area contributed by atoms with Gasteiger partial charge in [0.15, 0.2) is 0 Å². The number of hydrogen-bond acceptors (Lipinski definition) is 3. The number of rotatable bonds is 3. The van der Waals surface area contributed by atoms with Crippen LogP contribution >= 0.6 is 0 Å². The van der Waals surface area contributed by atoms with Gasteiger partial charge in [0.05, 0.1) is 11.3 Å². The van der Waals surface area contributed by atoms with E-state index >= 15 is 0 Å². The van der Waals surface area contributed by atoms with Gasteiger partial charge in [0, 0.05) is 32.9 Å². The van der Waals surface area contributed by atoms with Crippen LogP contribution in [0.3, 0.4) is 0 Å². The molecule has 1 unspecified atom stereocenters. The van der Waals surface area contributed by atoms with E-state index in [0.717, 1.165) is 35.9 Å². The third kappa shape index (κ3) is 3.69. The van der Waals surface area contributed by atoms with Gasteiger partial charge in [-0.3, -0.25) is 4.79 Å². The average molecular weight is 289 g/mol. The van der Waals surface area contributed by atoms with Gasteiger partial charge in [0.1, 0.15) is 0 Å². The molecule has 0 saturated carbocycles. The molecule has 4 nitrogen and oxygen atoms in total. The summed E-state index contributed by atoms with van der Waals surface area (Å²) in [5, 5.41) is 0. The van der Waals surface area contributed by atoms with Crippen LogP contribution in [0.2, 0.25) is 0 Å². The predicted octanol–water partition coefficient (Wildman–Crippen LogP) is 2.99. The molecule has 1 fully saturated rings. The van der Waals surface area contributed by atoms with Crippen LogP contribution < -0.4 is 10.6 Å². The molecule has 116 valence electrons. The summed E-state index contributed by atoms with van der Waals surface area (Å²) in [6, 6.07) is 5.62. The number of carbonyl (C=O) groups excluding carboxylic acids is 1. The molecule has 1 aromatic carbocycles. The topological polar surface area (TPSA) is 49.6 Å². The van der Waals surface area contributed by atoms with Crippen LogP contribution in [0.25, 0.3) is 0 Å². The Morgan fingerprint density at radius 3 is 2.76 bits per heavy atom. The minimum Gasteiger partial charge on any atom is -0.399 e. The minimum absolute atomic E-state index is 0.0429. The van der Waals surface area contributed by atoms with Crippen molar-refractivity contribution in [1.82, 2.24) is 4.90 Å². The van der Waals surface area contributed by atoms with Crippen LogP contribution in [0.5, 0.6) is 0 Å². The molecule has 1 aromatic rings. The normalized spacial score (nSPS) is 19.2. The molecule has 0 aliphatic carbocycles. The monoisotopic (exact) mass is 289 g/mol. The summed E-state index contributed by atoms with van der Waals surface area (Å²) in [5.41, 5.74) is 8.42. The standard InChI is InChI=1S/C17H27N3O/c1-4-13-6-5-10-20(11-9-13)16-12-14(18)7-8-15(16)17(21)19(2)3/h7-8,12-13H,4-6,9-11,18H2,1-3H3. The summed E-state index contributed by atoms with van der Waals surface area (Å²) in [6.07, 6.45) is 4.91. The number of amides is 1. The maximum absolute atomic E-state index is 12.4. The number of benzene rings is 1. The van der Waals surface area contributed by atoms with Gasteiger partial charge in [-0.25, -0.2) is 0 Å². The summed E-state index contributed by atoms with van der Waals surface area (Å²) in [4.78, 5) is 16.3. The van der Waals surface area contributed by atoms with Gasteiger partial charge in [0.2, 0.25) is 0 Å². The zero-order valence-electron chi connectivity index (χ0n) is 13.4. The van der Waals surface area contributed by atoms with Crippen molar-refractivity contribution >= 4 is 17.3 Å². The van der Waals surface area contributed by atoms with Crippen molar-refractivity contribution in [3.05, 3.63) is 23.8 Å². The van der Waals surface area contributed by atoms with E-state index in [2.05, 4.69) is 11.8 Å². The van der Waals surface area contributed by atoms with Crippen LogP contribution in [0, 0.1) is 5.92 Å². The SMILES string of the molecule is CCC1CCCN(c2cc(N)ccc2C(=O)N(C)C)CC1. The first kappa shape index (κ1) is 15.7. The molecular formula is C17H27N3O. The highest BCUT2D eigenvalue weighted by Crippen LogP contribution is 2.29. The van der Waals surface area contributed by atoms with Crippen LogP contribution in [0.1, 0.15) is 43.0 Å². The molecule has 1 aliphatic heterocycles. The largest absolute Gasteiger partial charge is 0.399 e. The number of anilines is 2. The summed E-state index contributed by atoms with van der Waals surface area (Å²) in [5.74, 6) is 0.852. The van der Waals surface area contributed by atoms with Crippen LogP contribution in [0.4, 0.5) is 11.4 Å². The van der Waals surface area contributed by atoms with E-state index in [4.69, 9.17) is 5.73 Å². The van der Waals surface area contributed by atoms with Gasteiger partial charge in [-0.05, 0) is 43.4 Å². The second-order valence-corrected chi connectivity index (χ2v) is 6.17. The van der Waals surface area contributed by atoms with E-state index < -0.39 is 0 Å². The lowest BCUT2D eigenvalue weighted by Gasteiger charge is -2.26. The van der Waals surface area contributed by atoms with E-state index in [1.807, 2.05) is 18.2 Å². The molecule has 2 N–H and O–H groups in total. The second kappa shape index (κ2) is 6.83. The summed E-state index contributed by atoms with van der Waals surface area (Å²) < 4.78 is 0. The Bertz CT molecular complexity index is 499. The Kier molecular flexibility index (Phi) is 5.10. The summed E-state index contributed by atoms with van der Waals surface area (Å²) in [7, 11) is 3.58. The number of carbonyl (C=O) groups is 1. The number of hydrogen-bond donors (Lipinski definition) is 1. The number of nitrogens with zero attached hydrogens (tertiary/aromatic N) is 2. The molecule has 1 aliphatic rings. The molecule has 1 heterocycles. The molecule has 0 spiro atoms. The molecule has 1 saturated heterocycles. The Labute approximate surface area is 127 Å². The first-order chi connectivity index (χ1) is 10.0. The second-order valence-electron chi connectivity index (χ2n) is 6.17. The van der Waals surface area contributed by atoms with Crippen molar-refractivity contribution < 1.29 is 4.79 Å². The van der Waals surface area contributed by atoms with E-state index in [1.54, 1.807) is 19.0 Å². The van der Waals surface area contributed by atoms with Gasteiger partial charge >= 0.3 is 0 Å². The van der Waals surface area contributed by atoms with Crippen LogP contribution in [-0.4, -0.2) is 38.0 Å². The van der Waals surface area contributed by atoms with E-state index in [0.29, 0.717) is 0 Å². The first-order valence-corrected chi connectivity index (χ1v) is 7.89. The molecule has 0 aromatic heterocycles. The minimum atomic E-state index is 0.0429. The van der Waals surface area contributed by atoms with Gasteiger partial charge in [-0.2, -0.15) is 0 Å². The van der Waals surface area contributed by atoms with Crippen LogP contribution in [0.15, 0.2) is 18.2 Å². The van der Waals surface area contributed by atoms with Crippen molar-refractivity contribution in [2.24, 2.45) is 5.92 Å². The Morgan fingerprint density at radius 2 is 2.10 bits per heavy atom. The van der Waals surface area contributed by atoms with E-state index in [1.165, 1.54) is 25.7 Å². The van der Waals surface area contributed by atoms with Gasteiger partial charge in [-0.1, -0.05) is 13.3 Å². The van der Waals surface area contributed by atoms with Crippen molar-refractivity contribution in [1.29, 1.82) is 0 Å². The third-order valence-electron chi connectivity index (χ3n) is 4.42. The maximum Gasteiger partial charge on any atom is 0.255 e. The molecule has 21 heavy (non-hydrogen) atoms. The highest BCUT2D eigenvalue weighted by molar-refractivity contribution is 6.00. The Hall–Kier alpha value is -1.71. The van der Waals surface area contributed by atoms with E-state index in [-0.39, 0.29) is 5.91 Å². The summed E-state index contributed by atoms with van der Waals surface area (Å²) in [6.45, 7) is 4.28. The Balaban J connectivity index is 2.29. The fourth-order valence-electron chi connectivity index (χ4n) is 3.05. The highest BCUT2D eigenvalue weighted by Gasteiger charge is 2.21. The maximum atomic E-state index is 12.4. The highest BCUT2D eigenvalue weighted by atomic mass is 16.2. The van der Waals surface area contributed by atoms with Crippen molar-refractivity contribution in [2.75, 3.05) is 37.8 Å². The van der Waals surface area contributed by atoms with Gasteiger partial charge in [0.25, 0.3) is 5.91 Å². The smallest absolute Gasteiger partial charge is 0.255 e. The average Bonchev–Trinajstić information content (AvgIpc) is 2.71. The van der Waals surface area contributed by atoms with E-state index in [9.17, 15) is 4.79 Å². The fraction of sp³-hybridized carbons (Fsp3) is 0.588. The van der Waals surface area contributed by atoms with Crippen LogP contribution in [-0.2, 0) is 0 Å². The predicted molar refractivity (Wildman–Crippen MR) is 88.7 cm³/mol. The van der Waals surface area contributed by atoms with Gasteiger partial charge in [-0.15, -0.1) is 0 Å². The third-order valence-corrected chi connectivity index (χ3v) is 4.42. The zero-order valence-corrected chi connectivity index (χ0v) is 13.4. The number of nitrogen functional groups attached to an aromatic ring is 1. The first-order valence-electron chi connectivity index (χ1n) is 7.89. The lowest BCUT2D eigenvalue weighted by molar-refractivity contribution is 0.0828. The lowest BCUT2D eigenvalue weighted by atomic mass is 9.98. The molecule has 4 heteroatoms. The molecule has 0 radical (unpaired) electrons. The molecule has 1 amide bonds. The quantitative estimate of drug-likeness (QED) is 0.870. The molecule has 1 atom stereocenters. The summed E-state index contributed by atoms with van der Waals surface area (Å²) >= 11 is 0.